The second-order valence-corrected chi connectivity index (χ2v) is 8.26. The number of rotatable bonds is 6. The second-order valence-electron chi connectivity index (χ2n) is 7.85. The first kappa shape index (κ1) is 23.5. The van der Waals surface area contributed by atoms with Gasteiger partial charge >= 0.3 is 0 Å². The molecule has 7 nitrogen and oxygen atoms in total. The molecule has 1 aliphatic heterocycles. The Morgan fingerprint density at radius 2 is 1.78 bits per heavy atom. The number of para-hydroxylation sites is 2. The Hall–Kier alpha value is -3.13. The fourth-order valence-electron chi connectivity index (χ4n) is 3.61. The van der Waals surface area contributed by atoms with Crippen LogP contribution in [0.5, 0.6) is 5.75 Å². The van der Waals surface area contributed by atoms with Crippen LogP contribution in [0.4, 0.5) is 11.4 Å². The summed E-state index contributed by atoms with van der Waals surface area (Å²) < 4.78 is 5.46. The van der Waals surface area contributed by atoms with Gasteiger partial charge in [0.2, 0.25) is 5.91 Å². The van der Waals surface area contributed by atoms with Crippen molar-refractivity contribution in [2.75, 3.05) is 43.0 Å². The molecule has 0 aliphatic carbocycles. The molecule has 8 heteroatoms. The molecule has 0 radical (unpaired) electrons. The van der Waals surface area contributed by atoms with Crippen LogP contribution in [0, 0.1) is 5.92 Å². The third-order valence-electron chi connectivity index (χ3n) is 5.21. The molecule has 0 bridgehead atoms. The molecular weight excluding hydrogens is 424 g/mol. The maximum atomic E-state index is 12.6. The van der Waals surface area contributed by atoms with Crippen LogP contribution in [-0.4, -0.2) is 54.6 Å². The van der Waals surface area contributed by atoms with Gasteiger partial charge in [0.05, 0.1) is 18.0 Å². The zero-order valence-corrected chi connectivity index (χ0v) is 19.6. The molecular formula is C24H30N4O3S. The minimum absolute atomic E-state index is 0.00529. The number of hydrogen-bond acceptors (Lipinski definition) is 5. The van der Waals surface area contributed by atoms with E-state index in [0.29, 0.717) is 31.0 Å². The smallest absolute Gasteiger partial charge is 0.257 e. The van der Waals surface area contributed by atoms with Crippen LogP contribution in [0.25, 0.3) is 0 Å². The van der Waals surface area contributed by atoms with Crippen molar-refractivity contribution < 1.29 is 14.3 Å². The van der Waals surface area contributed by atoms with Crippen molar-refractivity contribution in [1.82, 2.24) is 10.2 Å². The van der Waals surface area contributed by atoms with E-state index in [1.165, 1.54) is 0 Å². The Labute approximate surface area is 194 Å². The minimum Gasteiger partial charge on any atom is -0.494 e. The standard InChI is InChI=1S/C24H30N4O3S/c1-4-31-19-9-7-8-18(16-19)22(29)26-24(32)25-20-10-5-6-11-21(20)27-12-14-28(15-13-27)23(30)17(2)3/h5-11,16-17H,4,12-15H2,1-3H3,(H2,25,26,29,32). The van der Waals surface area contributed by atoms with Crippen LogP contribution in [0.3, 0.4) is 0 Å². The van der Waals surface area contributed by atoms with Crippen LogP contribution < -0.4 is 20.3 Å². The first-order valence-electron chi connectivity index (χ1n) is 10.9. The van der Waals surface area contributed by atoms with Crippen molar-refractivity contribution in [2.45, 2.75) is 20.8 Å². The Balaban J connectivity index is 1.62. The summed E-state index contributed by atoms with van der Waals surface area (Å²) in [5.74, 6) is 0.529. The molecule has 1 heterocycles. The molecule has 2 N–H and O–H groups in total. The Kier molecular flexibility index (Phi) is 8.05. The van der Waals surface area contributed by atoms with Crippen molar-refractivity contribution in [2.24, 2.45) is 5.92 Å². The first-order chi connectivity index (χ1) is 15.4. The topological polar surface area (TPSA) is 73.9 Å². The molecule has 170 valence electrons. The van der Waals surface area contributed by atoms with E-state index in [0.717, 1.165) is 24.5 Å². The number of nitrogens with zero attached hydrogens (tertiary/aromatic N) is 2. The van der Waals surface area contributed by atoms with Crippen molar-refractivity contribution >= 4 is 40.5 Å². The van der Waals surface area contributed by atoms with Gasteiger partial charge < -0.3 is 19.9 Å². The molecule has 0 saturated carbocycles. The number of hydrogen-bond donors (Lipinski definition) is 2. The van der Waals surface area contributed by atoms with Gasteiger partial charge in [0, 0.05) is 37.7 Å². The number of carbonyl (C=O) groups excluding carboxylic acids is 2. The molecule has 2 amide bonds. The zero-order chi connectivity index (χ0) is 23.1. The largest absolute Gasteiger partial charge is 0.494 e. The summed E-state index contributed by atoms with van der Waals surface area (Å²) in [4.78, 5) is 29.0. The third kappa shape index (κ3) is 5.97. The van der Waals surface area contributed by atoms with Crippen LogP contribution >= 0.6 is 12.2 Å². The highest BCUT2D eigenvalue weighted by molar-refractivity contribution is 7.80. The predicted molar refractivity (Wildman–Crippen MR) is 131 cm³/mol. The van der Waals surface area contributed by atoms with Gasteiger partial charge in [-0.1, -0.05) is 32.0 Å². The van der Waals surface area contributed by atoms with Crippen LogP contribution in [0.1, 0.15) is 31.1 Å². The van der Waals surface area contributed by atoms with Crippen molar-refractivity contribution in [3.63, 3.8) is 0 Å². The third-order valence-corrected chi connectivity index (χ3v) is 5.42. The summed E-state index contributed by atoms with van der Waals surface area (Å²) in [6.07, 6.45) is 0. The van der Waals surface area contributed by atoms with E-state index in [1.807, 2.05) is 56.0 Å². The van der Waals surface area contributed by atoms with Gasteiger partial charge in [-0.2, -0.15) is 0 Å². The molecule has 3 rings (SSSR count). The fourth-order valence-corrected chi connectivity index (χ4v) is 3.81. The molecule has 0 spiro atoms. The van der Waals surface area contributed by atoms with Crippen molar-refractivity contribution in [3.05, 3.63) is 54.1 Å². The van der Waals surface area contributed by atoms with E-state index in [4.69, 9.17) is 17.0 Å². The fraction of sp³-hybridized carbons (Fsp3) is 0.375. The molecule has 32 heavy (non-hydrogen) atoms. The lowest BCUT2D eigenvalue weighted by molar-refractivity contribution is -0.134. The summed E-state index contributed by atoms with van der Waals surface area (Å²) in [6, 6.07) is 14.8. The molecule has 0 unspecified atom stereocenters. The maximum absolute atomic E-state index is 12.6. The normalized spacial score (nSPS) is 13.6. The minimum atomic E-state index is -0.303. The highest BCUT2D eigenvalue weighted by Gasteiger charge is 2.24. The molecule has 1 aliphatic rings. The number of piperazine rings is 1. The molecule has 1 fully saturated rings. The van der Waals surface area contributed by atoms with Crippen LogP contribution in [0.15, 0.2) is 48.5 Å². The number of nitrogens with one attached hydrogen (secondary N) is 2. The lowest BCUT2D eigenvalue weighted by Crippen LogP contribution is -2.50. The molecule has 0 aromatic heterocycles. The average Bonchev–Trinajstić information content (AvgIpc) is 2.79. The van der Waals surface area contributed by atoms with Gasteiger partial charge in [0.25, 0.3) is 5.91 Å². The van der Waals surface area contributed by atoms with Crippen LogP contribution in [0.2, 0.25) is 0 Å². The Morgan fingerprint density at radius 1 is 1.06 bits per heavy atom. The van der Waals surface area contributed by atoms with Gasteiger partial charge in [0.15, 0.2) is 5.11 Å². The highest BCUT2D eigenvalue weighted by Crippen LogP contribution is 2.27. The van der Waals surface area contributed by atoms with E-state index >= 15 is 0 Å². The summed E-state index contributed by atoms with van der Waals surface area (Å²) in [5.41, 5.74) is 2.27. The lowest BCUT2D eigenvalue weighted by Gasteiger charge is -2.37. The van der Waals surface area contributed by atoms with Gasteiger partial charge in [-0.15, -0.1) is 0 Å². The molecule has 1 saturated heterocycles. The number of ether oxygens (including phenoxy) is 1. The van der Waals surface area contributed by atoms with Crippen LogP contribution in [-0.2, 0) is 4.79 Å². The first-order valence-corrected chi connectivity index (χ1v) is 11.3. The molecule has 2 aromatic rings. The van der Waals surface area contributed by atoms with E-state index in [1.54, 1.807) is 18.2 Å². The predicted octanol–water partition coefficient (Wildman–Crippen LogP) is 3.52. The summed E-state index contributed by atoms with van der Waals surface area (Å²) in [7, 11) is 0. The maximum Gasteiger partial charge on any atom is 0.257 e. The van der Waals surface area contributed by atoms with Crippen molar-refractivity contribution in [1.29, 1.82) is 0 Å². The molecule has 0 atom stereocenters. The van der Waals surface area contributed by atoms with Gasteiger partial charge in [-0.05, 0) is 49.5 Å². The number of carbonyl (C=O) groups is 2. The van der Waals surface area contributed by atoms with E-state index in [-0.39, 0.29) is 22.8 Å². The molecule has 2 aromatic carbocycles. The Morgan fingerprint density at radius 3 is 2.47 bits per heavy atom. The number of anilines is 2. The van der Waals surface area contributed by atoms with E-state index < -0.39 is 0 Å². The summed E-state index contributed by atoms with van der Waals surface area (Å²) >= 11 is 5.39. The number of amides is 2. The van der Waals surface area contributed by atoms with Gasteiger partial charge in [-0.25, -0.2) is 0 Å². The van der Waals surface area contributed by atoms with Gasteiger partial charge in [-0.3, -0.25) is 14.9 Å². The monoisotopic (exact) mass is 454 g/mol. The lowest BCUT2D eigenvalue weighted by atomic mass is 10.1. The zero-order valence-electron chi connectivity index (χ0n) is 18.8. The quantitative estimate of drug-likeness (QED) is 0.651. The number of benzene rings is 2. The Bertz CT molecular complexity index is 971. The summed E-state index contributed by atoms with van der Waals surface area (Å²) in [6.45, 7) is 9.12. The second kappa shape index (κ2) is 10.9. The van der Waals surface area contributed by atoms with Crippen molar-refractivity contribution in [3.8, 4) is 5.75 Å². The summed E-state index contributed by atoms with van der Waals surface area (Å²) in [5, 5.41) is 6.10. The van der Waals surface area contributed by atoms with E-state index in [2.05, 4.69) is 15.5 Å². The number of thiocarbonyl (C=S) groups is 1. The average molecular weight is 455 g/mol. The van der Waals surface area contributed by atoms with E-state index in [9.17, 15) is 9.59 Å². The van der Waals surface area contributed by atoms with Gasteiger partial charge in [0.1, 0.15) is 5.75 Å². The highest BCUT2D eigenvalue weighted by atomic mass is 32.1. The SMILES string of the molecule is CCOc1cccc(C(=O)NC(=S)Nc2ccccc2N2CCN(C(=O)C(C)C)CC2)c1.